The van der Waals surface area contributed by atoms with Crippen molar-refractivity contribution in [2.45, 2.75) is 19.9 Å². The highest BCUT2D eigenvalue weighted by molar-refractivity contribution is 7.07. The number of furan rings is 1. The first-order valence-corrected chi connectivity index (χ1v) is 13.3. The highest BCUT2D eigenvalue weighted by atomic mass is 35.5. The fourth-order valence-corrected chi connectivity index (χ4v) is 5.62. The fourth-order valence-electron chi connectivity index (χ4n) is 4.47. The van der Waals surface area contributed by atoms with Gasteiger partial charge in [-0.25, -0.2) is 9.79 Å². The van der Waals surface area contributed by atoms with Gasteiger partial charge in [0.2, 0.25) is 0 Å². The van der Waals surface area contributed by atoms with Crippen LogP contribution in [-0.2, 0) is 9.53 Å². The topological polar surface area (TPSA) is 92.3 Å². The van der Waals surface area contributed by atoms with E-state index in [2.05, 4.69) is 4.99 Å². The number of esters is 1. The van der Waals surface area contributed by atoms with Crippen LogP contribution in [0, 0.1) is 0 Å². The van der Waals surface area contributed by atoms with Crippen LogP contribution >= 0.6 is 22.9 Å². The Kier molecular flexibility index (Phi) is 7.45. The molecule has 8 nitrogen and oxygen atoms in total. The molecule has 0 saturated carbocycles. The van der Waals surface area contributed by atoms with Crippen LogP contribution in [0.3, 0.4) is 0 Å². The number of benzene rings is 2. The van der Waals surface area contributed by atoms with E-state index < -0.39 is 12.0 Å². The largest absolute Gasteiger partial charge is 0.497 e. The minimum Gasteiger partial charge on any atom is -0.497 e. The van der Waals surface area contributed by atoms with E-state index in [1.807, 2.05) is 18.2 Å². The minimum atomic E-state index is -0.839. The minimum absolute atomic E-state index is 0.177. The molecular weight excluding hydrogens is 540 g/mol. The lowest BCUT2D eigenvalue weighted by atomic mass is 9.95. The van der Waals surface area contributed by atoms with Gasteiger partial charge in [0.15, 0.2) is 4.80 Å². The molecule has 10 heteroatoms. The molecule has 39 heavy (non-hydrogen) atoms. The molecule has 200 valence electrons. The number of allylic oxidation sites excluding steroid dienone is 1. The summed E-state index contributed by atoms with van der Waals surface area (Å²) in [5, 5.41) is 0.631. The number of nitrogens with zero attached hydrogens (tertiary/aromatic N) is 2. The molecule has 5 rings (SSSR count). The molecule has 0 fully saturated rings. The van der Waals surface area contributed by atoms with Gasteiger partial charge in [-0.1, -0.05) is 22.9 Å². The molecule has 0 saturated heterocycles. The number of carbonyl (C=O) groups is 1. The highest BCUT2D eigenvalue weighted by Gasteiger charge is 2.35. The summed E-state index contributed by atoms with van der Waals surface area (Å²) < 4.78 is 24.3. The number of halogens is 1. The van der Waals surface area contributed by atoms with E-state index in [0.717, 1.165) is 5.56 Å². The summed E-state index contributed by atoms with van der Waals surface area (Å²) in [6, 6.07) is 15.3. The van der Waals surface area contributed by atoms with Crippen LogP contribution in [0.2, 0.25) is 5.02 Å². The van der Waals surface area contributed by atoms with Gasteiger partial charge in [-0.3, -0.25) is 9.36 Å². The van der Waals surface area contributed by atoms with Crippen LogP contribution in [0.5, 0.6) is 11.5 Å². The molecule has 2 aromatic carbocycles. The average Bonchev–Trinajstić information content (AvgIpc) is 3.52. The number of hydrogen-bond acceptors (Lipinski definition) is 8. The molecule has 0 amide bonds. The molecule has 0 bridgehead atoms. The van der Waals surface area contributed by atoms with Crippen LogP contribution in [0.25, 0.3) is 17.4 Å². The molecule has 4 aromatic rings. The van der Waals surface area contributed by atoms with Gasteiger partial charge in [-0.2, -0.15) is 0 Å². The summed E-state index contributed by atoms with van der Waals surface area (Å²) in [7, 11) is 3.08. The third kappa shape index (κ3) is 5.03. The lowest BCUT2D eigenvalue weighted by Gasteiger charge is -2.26. The van der Waals surface area contributed by atoms with E-state index in [1.165, 1.54) is 23.0 Å². The number of fused-ring (bicyclic) bond motifs is 1. The van der Waals surface area contributed by atoms with E-state index in [-0.39, 0.29) is 17.7 Å². The van der Waals surface area contributed by atoms with Crippen molar-refractivity contribution in [3.63, 3.8) is 0 Å². The first-order valence-electron chi connectivity index (χ1n) is 12.1. The number of ether oxygens (including phenoxy) is 3. The molecule has 0 aliphatic carbocycles. The zero-order valence-corrected chi connectivity index (χ0v) is 23.3. The maximum Gasteiger partial charge on any atom is 0.338 e. The molecule has 0 unspecified atom stereocenters. The molecule has 2 aromatic heterocycles. The summed E-state index contributed by atoms with van der Waals surface area (Å²) in [5.74, 6) is 1.63. The Balaban J connectivity index is 1.68. The first kappa shape index (κ1) is 26.5. The van der Waals surface area contributed by atoms with Crippen molar-refractivity contribution in [1.29, 1.82) is 0 Å². The molecule has 0 N–H and O–H groups in total. The number of methoxy groups -OCH3 is 2. The Bertz CT molecular complexity index is 1760. The van der Waals surface area contributed by atoms with Crippen LogP contribution in [-0.4, -0.2) is 31.4 Å². The molecule has 3 heterocycles. The van der Waals surface area contributed by atoms with Gasteiger partial charge in [0.05, 0.1) is 36.6 Å². The van der Waals surface area contributed by atoms with Gasteiger partial charge in [0, 0.05) is 22.2 Å². The van der Waals surface area contributed by atoms with Gasteiger partial charge in [-0.15, -0.1) is 0 Å². The van der Waals surface area contributed by atoms with Gasteiger partial charge in [0.1, 0.15) is 29.1 Å². The van der Waals surface area contributed by atoms with Gasteiger partial charge in [0.25, 0.3) is 5.56 Å². The van der Waals surface area contributed by atoms with Gasteiger partial charge >= 0.3 is 5.97 Å². The lowest BCUT2D eigenvalue weighted by Crippen LogP contribution is -2.40. The first-order chi connectivity index (χ1) is 18.8. The second-order valence-corrected chi connectivity index (χ2v) is 10.1. The zero-order chi connectivity index (χ0) is 27.7. The Morgan fingerprint density at radius 2 is 1.90 bits per heavy atom. The quantitative estimate of drug-likeness (QED) is 0.301. The number of thiazole rings is 1. The van der Waals surface area contributed by atoms with Crippen molar-refractivity contribution in [1.82, 2.24) is 4.57 Å². The van der Waals surface area contributed by atoms with Crippen molar-refractivity contribution in [3.8, 4) is 22.8 Å². The monoisotopic (exact) mass is 564 g/mol. The van der Waals surface area contributed by atoms with Gasteiger partial charge < -0.3 is 18.6 Å². The predicted octanol–water partition coefficient (Wildman–Crippen LogP) is 4.73. The third-order valence-electron chi connectivity index (χ3n) is 6.28. The Morgan fingerprint density at radius 1 is 1.13 bits per heavy atom. The third-order valence-corrected chi connectivity index (χ3v) is 7.51. The van der Waals surface area contributed by atoms with Crippen LogP contribution in [0.4, 0.5) is 0 Å². The van der Waals surface area contributed by atoms with Crippen molar-refractivity contribution in [3.05, 3.63) is 102 Å². The summed E-state index contributed by atoms with van der Waals surface area (Å²) in [6.45, 7) is 3.64. The van der Waals surface area contributed by atoms with Crippen LogP contribution < -0.4 is 24.4 Å². The number of aromatic nitrogens is 1. The van der Waals surface area contributed by atoms with Crippen molar-refractivity contribution in [2.24, 2.45) is 4.99 Å². The van der Waals surface area contributed by atoms with Crippen LogP contribution in [0.15, 0.2) is 80.1 Å². The molecule has 0 radical (unpaired) electrons. The maximum atomic E-state index is 13.9. The normalized spacial score (nSPS) is 15.1. The summed E-state index contributed by atoms with van der Waals surface area (Å²) in [4.78, 5) is 32.1. The van der Waals surface area contributed by atoms with Crippen molar-refractivity contribution < 1.29 is 23.4 Å². The average molecular weight is 565 g/mol. The Labute approximate surface area is 233 Å². The fraction of sp³-hybridized carbons (Fsp3) is 0.207. The van der Waals surface area contributed by atoms with E-state index >= 15 is 0 Å². The molecule has 1 aliphatic rings. The Morgan fingerprint density at radius 3 is 2.59 bits per heavy atom. The van der Waals surface area contributed by atoms with Crippen LogP contribution in [0.1, 0.15) is 31.2 Å². The van der Waals surface area contributed by atoms with E-state index in [1.54, 1.807) is 63.4 Å². The van der Waals surface area contributed by atoms with Crippen molar-refractivity contribution in [2.75, 3.05) is 20.8 Å². The van der Waals surface area contributed by atoms with Crippen molar-refractivity contribution >= 4 is 35.0 Å². The molecule has 1 atom stereocenters. The Hall–Kier alpha value is -4.08. The number of rotatable bonds is 7. The molecular formula is C29H25ClN2O6S. The summed E-state index contributed by atoms with van der Waals surface area (Å²) >= 11 is 7.21. The maximum absolute atomic E-state index is 13.9. The van der Waals surface area contributed by atoms with E-state index in [9.17, 15) is 9.59 Å². The second-order valence-electron chi connectivity index (χ2n) is 8.62. The number of hydrogen-bond donors (Lipinski definition) is 0. The summed E-state index contributed by atoms with van der Waals surface area (Å²) in [5.41, 5.74) is 1.82. The standard InChI is InChI=1S/C29H25ClN2O6S/c1-5-37-28(34)25-16(2)31-29-32(26(25)21-14-19(35-3)10-13-23(21)36-4)27(33)24(39-29)15-20-11-12-22(38-20)17-6-8-18(30)9-7-17/h6-15,26H,5H2,1-4H3/b24-15-/t26-/m0/s1. The molecule has 1 aliphatic heterocycles. The highest BCUT2D eigenvalue weighted by Crippen LogP contribution is 2.37. The van der Waals surface area contributed by atoms with E-state index in [0.29, 0.717) is 48.6 Å². The van der Waals surface area contributed by atoms with Gasteiger partial charge in [-0.05, 0) is 68.4 Å². The predicted molar refractivity (Wildman–Crippen MR) is 149 cm³/mol. The smallest absolute Gasteiger partial charge is 0.338 e. The SMILES string of the molecule is CCOC(=O)C1=C(C)N=c2s/c(=C\c3ccc(-c4ccc(Cl)cc4)o3)c(=O)n2[C@H]1c1cc(OC)ccc1OC. The second kappa shape index (κ2) is 11.0. The summed E-state index contributed by atoms with van der Waals surface area (Å²) in [6.07, 6.45) is 1.67. The lowest BCUT2D eigenvalue weighted by molar-refractivity contribution is -0.139. The zero-order valence-electron chi connectivity index (χ0n) is 21.7. The van der Waals surface area contributed by atoms with E-state index in [4.69, 9.17) is 30.2 Å². The number of carbonyl (C=O) groups excluding carboxylic acids is 1. The molecule has 0 spiro atoms.